The zero-order chi connectivity index (χ0) is 13.9. The van der Waals surface area contributed by atoms with Crippen LogP contribution in [0.5, 0.6) is 0 Å². The van der Waals surface area contributed by atoms with Crippen molar-refractivity contribution in [2.24, 2.45) is 5.92 Å². The van der Waals surface area contributed by atoms with E-state index < -0.39 is 5.60 Å². The van der Waals surface area contributed by atoms with Gasteiger partial charge in [-0.1, -0.05) is 19.8 Å². The molecule has 1 aliphatic carbocycles. The van der Waals surface area contributed by atoms with Crippen LogP contribution in [0.1, 0.15) is 45.4 Å². The molecule has 2 aliphatic rings. The van der Waals surface area contributed by atoms with Crippen molar-refractivity contribution in [1.29, 1.82) is 0 Å². The van der Waals surface area contributed by atoms with E-state index in [9.17, 15) is 9.90 Å². The van der Waals surface area contributed by atoms with Gasteiger partial charge in [0, 0.05) is 19.6 Å². The lowest BCUT2D eigenvalue weighted by Crippen LogP contribution is -2.37. The van der Waals surface area contributed by atoms with Gasteiger partial charge in [-0.15, -0.1) is 0 Å². The van der Waals surface area contributed by atoms with E-state index >= 15 is 0 Å². The van der Waals surface area contributed by atoms with Crippen molar-refractivity contribution in [3.8, 4) is 0 Å². The first kappa shape index (κ1) is 14.8. The van der Waals surface area contributed by atoms with Gasteiger partial charge in [-0.3, -0.25) is 4.79 Å². The number of amides is 1. The van der Waals surface area contributed by atoms with E-state index in [1.165, 1.54) is 0 Å². The van der Waals surface area contributed by atoms with Crippen LogP contribution in [0.25, 0.3) is 0 Å². The second-order valence-electron chi connectivity index (χ2n) is 6.46. The monoisotopic (exact) mass is 268 g/mol. The Morgan fingerprint density at radius 2 is 2.11 bits per heavy atom. The molecule has 0 radical (unpaired) electrons. The maximum Gasteiger partial charge on any atom is 0.225 e. The first-order valence-electron chi connectivity index (χ1n) is 7.71. The van der Waals surface area contributed by atoms with Crippen LogP contribution in [0.3, 0.4) is 0 Å². The van der Waals surface area contributed by atoms with Crippen molar-refractivity contribution in [3.05, 3.63) is 0 Å². The number of carbonyl (C=O) groups is 1. The van der Waals surface area contributed by atoms with Crippen LogP contribution in [-0.4, -0.2) is 59.6 Å². The van der Waals surface area contributed by atoms with Gasteiger partial charge in [0.25, 0.3) is 0 Å². The van der Waals surface area contributed by atoms with Gasteiger partial charge in [-0.2, -0.15) is 0 Å². The van der Waals surface area contributed by atoms with Gasteiger partial charge in [-0.25, -0.2) is 0 Å². The van der Waals surface area contributed by atoms with Crippen molar-refractivity contribution in [2.45, 2.75) is 51.0 Å². The smallest absolute Gasteiger partial charge is 0.225 e. The molecule has 1 saturated heterocycles. The third-order valence-corrected chi connectivity index (χ3v) is 4.76. The maximum absolute atomic E-state index is 12.3. The maximum atomic E-state index is 12.3. The van der Waals surface area contributed by atoms with Crippen LogP contribution in [0.2, 0.25) is 0 Å². The summed E-state index contributed by atoms with van der Waals surface area (Å²) in [7, 11) is 2.13. The quantitative estimate of drug-likeness (QED) is 0.821. The molecule has 4 nitrogen and oxygen atoms in total. The first-order valence-corrected chi connectivity index (χ1v) is 7.71. The molecule has 1 unspecified atom stereocenters. The second kappa shape index (κ2) is 6.23. The molecule has 1 heterocycles. The fourth-order valence-corrected chi connectivity index (χ4v) is 3.38. The van der Waals surface area contributed by atoms with Gasteiger partial charge in [0.15, 0.2) is 0 Å². The van der Waals surface area contributed by atoms with Gasteiger partial charge in [0.05, 0.1) is 12.0 Å². The lowest BCUT2D eigenvalue weighted by Gasteiger charge is -2.25. The largest absolute Gasteiger partial charge is 0.389 e. The number of hydrogen-bond acceptors (Lipinski definition) is 3. The summed E-state index contributed by atoms with van der Waals surface area (Å²) >= 11 is 0. The Morgan fingerprint density at radius 3 is 2.74 bits per heavy atom. The summed E-state index contributed by atoms with van der Waals surface area (Å²) in [5.41, 5.74) is -0.699. The summed E-state index contributed by atoms with van der Waals surface area (Å²) in [6, 6.07) is 0. The fourth-order valence-electron chi connectivity index (χ4n) is 3.38. The van der Waals surface area contributed by atoms with Gasteiger partial charge >= 0.3 is 0 Å². The molecule has 1 atom stereocenters. The van der Waals surface area contributed by atoms with Crippen LogP contribution in [0, 0.1) is 5.92 Å². The van der Waals surface area contributed by atoms with Crippen molar-refractivity contribution in [2.75, 3.05) is 33.2 Å². The highest BCUT2D eigenvalue weighted by Gasteiger charge is 2.36. The average Bonchev–Trinajstić information content (AvgIpc) is 2.98. The van der Waals surface area contributed by atoms with E-state index in [2.05, 4.69) is 18.9 Å². The molecule has 0 bridgehead atoms. The molecule has 0 aromatic rings. The number of hydrogen-bond donors (Lipinski definition) is 1. The summed E-state index contributed by atoms with van der Waals surface area (Å²) in [5.74, 6) is 0.762. The molecule has 0 aromatic heterocycles. The van der Waals surface area contributed by atoms with Crippen LogP contribution in [0.4, 0.5) is 0 Å². The van der Waals surface area contributed by atoms with E-state index in [0.717, 1.165) is 58.3 Å². The second-order valence-corrected chi connectivity index (χ2v) is 6.46. The highest BCUT2D eigenvalue weighted by atomic mass is 16.3. The molecule has 1 aliphatic heterocycles. The number of carbonyl (C=O) groups excluding carboxylic acids is 1. The molecular formula is C15H28N2O2. The Labute approximate surface area is 116 Å². The molecule has 0 aromatic carbocycles. The minimum atomic E-state index is -0.699. The Kier molecular flexibility index (Phi) is 4.85. The SMILES string of the molecule is CCN(C)CC1CCN(C(=O)CC2(O)CCCC2)C1. The third kappa shape index (κ3) is 3.93. The molecular weight excluding hydrogens is 240 g/mol. The van der Waals surface area contributed by atoms with E-state index in [1.54, 1.807) is 0 Å². The third-order valence-electron chi connectivity index (χ3n) is 4.76. The normalized spacial score (nSPS) is 26.3. The van der Waals surface area contributed by atoms with Crippen molar-refractivity contribution >= 4 is 5.91 Å². The van der Waals surface area contributed by atoms with Gasteiger partial charge in [0.2, 0.25) is 5.91 Å². The summed E-state index contributed by atoms with van der Waals surface area (Å²) in [6.45, 7) is 6.04. The predicted octanol–water partition coefficient (Wildman–Crippen LogP) is 1.48. The lowest BCUT2D eigenvalue weighted by atomic mass is 9.97. The van der Waals surface area contributed by atoms with Crippen molar-refractivity contribution in [3.63, 3.8) is 0 Å². The Balaban J connectivity index is 1.78. The zero-order valence-electron chi connectivity index (χ0n) is 12.4. The highest BCUT2D eigenvalue weighted by molar-refractivity contribution is 5.77. The highest BCUT2D eigenvalue weighted by Crippen LogP contribution is 2.33. The Bertz CT molecular complexity index is 313. The number of nitrogens with zero attached hydrogens (tertiary/aromatic N) is 2. The van der Waals surface area contributed by atoms with Gasteiger partial charge in [0.1, 0.15) is 0 Å². The molecule has 2 fully saturated rings. The number of rotatable bonds is 5. The molecule has 4 heteroatoms. The van der Waals surface area contributed by atoms with Crippen molar-refractivity contribution < 1.29 is 9.90 Å². The Hall–Kier alpha value is -0.610. The standard InChI is InChI=1S/C15H28N2O2/c1-3-16(2)11-13-6-9-17(12-13)14(18)10-15(19)7-4-5-8-15/h13,19H,3-12H2,1-2H3. The number of aliphatic hydroxyl groups is 1. The van der Waals surface area contributed by atoms with Gasteiger partial charge < -0.3 is 14.9 Å². The van der Waals surface area contributed by atoms with Crippen LogP contribution in [-0.2, 0) is 4.79 Å². The first-order chi connectivity index (χ1) is 9.02. The van der Waals surface area contributed by atoms with Crippen LogP contribution >= 0.6 is 0 Å². The molecule has 110 valence electrons. The van der Waals surface area contributed by atoms with Crippen LogP contribution < -0.4 is 0 Å². The zero-order valence-corrected chi connectivity index (χ0v) is 12.4. The molecule has 1 N–H and O–H groups in total. The molecule has 2 rings (SSSR count). The average molecular weight is 268 g/mol. The topological polar surface area (TPSA) is 43.8 Å². The van der Waals surface area contributed by atoms with E-state index in [4.69, 9.17) is 0 Å². The van der Waals surface area contributed by atoms with Crippen LogP contribution in [0.15, 0.2) is 0 Å². The van der Waals surface area contributed by atoms with E-state index in [0.29, 0.717) is 12.3 Å². The summed E-state index contributed by atoms with van der Waals surface area (Å²) in [6.07, 6.45) is 5.17. The fraction of sp³-hybridized carbons (Fsp3) is 0.933. The lowest BCUT2D eigenvalue weighted by molar-refractivity contribution is -0.135. The Morgan fingerprint density at radius 1 is 1.42 bits per heavy atom. The summed E-state index contributed by atoms with van der Waals surface area (Å²) in [5, 5.41) is 10.3. The minimum absolute atomic E-state index is 0.158. The summed E-state index contributed by atoms with van der Waals surface area (Å²) in [4.78, 5) is 16.5. The van der Waals surface area contributed by atoms with E-state index in [-0.39, 0.29) is 5.91 Å². The minimum Gasteiger partial charge on any atom is -0.389 e. The van der Waals surface area contributed by atoms with Crippen molar-refractivity contribution in [1.82, 2.24) is 9.80 Å². The molecule has 1 amide bonds. The number of likely N-dealkylation sites (tertiary alicyclic amines) is 1. The predicted molar refractivity (Wildman–Crippen MR) is 75.9 cm³/mol. The molecule has 19 heavy (non-hydrogen) atoms. The molecule has 0 spiro atoms. The van der Waals surface area contributed by atoms with Gasteiger partial charge in [-0.05, 0) is 38.8 Å². The van der Waals surface area contributed by atoms with E-state index in [1.807, 2.05) is 4.90 Å². The molecule has 1 saturated carbocycles. The summed E-state index contributed by atoms with van der Waals surface area (Å²) < 4.78 is 0.